The van der Waals surface area contributed by atoms with Gasteiger partial charge in [-0.2, -0.15) is 0 Å². The quantitative estimate of drug-likeness (QED) is 0.850. The molecule has 1 fully saturated rings. The lowest BCUT2D eigenvalue weighted by atomic mass is 10.0. The van der Waals surface area contributed by atoms with E-state index in [0.29, 0.717) is 28.3 Å². The average molecular weight is 379 g/mol. The Morgan fingerprint density at radius 2 is 2.12 bits per heavy atom. The fraction of sp³-hybridized carbons (Fsp3) is 0.500. The molecule has 0 spiro atoms. The Balaban J connectivity index is 1.74. The van der Waals surface area contributed by atoms with Gasteiger partial charge in [0.2, 0.25) is 5.91 Å². The fourth-order valence-electron chi connectivity index (χ4n) is 2.88. The Morgan fingerprint density at radius 3 is 2.85 bits per heavy atom. The molecule has 8 heteroatoms. The van der Waals surface area contributed by atoms with Gasteiger partial charge in [-0.05, 0) is 58.2 Å². The number of rotatable bonds is 2. The molecule has 1 saturated heterocycles. The van der Waals surface area contributed by atoms with Crippen LogP contribution in [0.4, 0.5) is 14.3 Å². The number of hydrogen-bond acceptors (Lipinski definition) is 5. The normalized spacial score (nSPS) is 18.0. The number of fused-ring (bicyclic) bond motifs is 1. The van der Waals surface area contributed by atoms with Gasteiger partial charge in [-0.25, -0.2) is 14.2 Å². The van der Waals surface area contributed by atoms with Gasteiger partial charge >= 0.3 is 6.09 Å². The van der Waals surface area contributed by atoms with Crippen LogP contribution in [0.15, 0.2) is 18.2 Å². The van der Waals surface area contributed by atoms with E-state index in [4.69, 9.17) is 4.74 Å². The zero-order valence-electron chi connectivity index (χ0n) is 15.0. The smallest absolute Gasteiger partial charge is 0.410 e. The van der Waals surface area contributed by atoms with Crippen molar-refractivity contribution >= 4 is 38.7 Å². The SMILES string of the molecule is CC(C)(C)OC(=O)N1CCCC[C@H]1C(=O)Nc1nc2ccc(F)cc2s1. The topological polar surface area (TPSA) is 71.5 Å². The number of hydrogen-bond donors (Lipinski definition) is 1. The van der Waals surface area contributed by atoms with E-state index in [0.717, 1.165) is 12.8 Å². The Bertz CT molecular complexity index is 831. The Hall–Kier alpha value is -2.22. The van der Waals surface area contributed by atoms with Gasteiger partial charge < -0.3 is 10.1 Å². The van der Waals surface area contributed by atoms with Crippen molar-refractivity contribution in [3.8, 4) is 0 Å². The molecular formula is C18H22FN3O3S. The first-order chi connectivity index (χ1) is 12.2. The number of ether oxygens (including phenoxy) is 1. The molecule has 0 saturated carbocycles. The maximum absolute atomic E-state index is 13.3. The van der Waals surface area contributed by atoms with E-state index >= 15 is 0 Å². The Labute approximate surface area is 155 Å². The number of amides is 2. The van der Waals surface area contributed by atoms with Crippen LogP contribution >= 0.6 is 11.3 Å². The molecule has 1 aliphatic rings. The molecule has 26 heavy (non-hydrogen) atoms. The second-order valence-corrected chi connectivity index (χ2v) is 8.34. The lowest BCUT2D eigenvalue weighted by Crippen LogP contribution is -2.51. The number of aromatic nitrogens is 1. The van der Waals surface area contributed by atoms with Crippen molar-refractivity contribution in [1.29, 1.82) is 0 Å². The molecule has 1 aromatic carbocycles. The maximum atomic E-state index is 13.3. The predicted octanol–water partition coefficient (Wildman–Crippen LogP) is 4.16. The molecule has 1 N–H and O–H groups in total. The Morgan fingerprint density at radius 1 is 1.35 bits per heavy atom. The third-order valence-electron chi connectivity index (χ3n) is 4.01. The number of piperidine rings is 1. The minimum atomic E-state index is -0.618. The van der Waals surface area contributed by atoms with Gasteiger partial charge in [0.1, 0.15) is 17.5 Å². The summed E-state index contributed by atoms with van der Waals surface area (Å²) < 4.78 is 19.4. The first-order valence-corrected chi connectivity index (χ1v) is 9.41. The molecule has 2 aromatic rings. The summed E-state index contributed by atoms with van der Waals surface area (Å²) in [5.74, 6) is -0.641. The van der Waals surface area contributed by atoms with Gasteiger partial charge in [-0.1, -0.05) is 11.3 Å². The molecule has 2 heterocycles. The van der Waals surface area contributed by atoms with Crippen LogP contribution in [0.25, 0.3) is 10.2 Å². The number of anilines is 1. The van der Waals surface area contributed by atoms with E-state index in [1.807, 2.05) is 0 Å². The van der Waals surface area contributed by atoms with Crippen LogP contribution in [0.5, 0.6) is 0 Å². The molecule has 0 aliphatic carbocycles. The molecule has 2 amide bonds. The molecule has 1 aromatic heterocycles. The van der Waals surface area contributed by atoms with Crippen molar-refractivity contribution in [3.05, 3.63) is 24.0 Å². The lowest BCUT2D eigenvalue weighted by molar-refractivity contribution is -0.122. The van der Waals surface area contributed by atoms with E-state index < -0.39 is 17.7 Å². The van der Waals surface area contributed by atoms with E-state index in [-0.39, 0.29) is 11.7 Å². The van der Waals surface area contributed by atoms with Gasteiger partial charge in [0.25, 0.3) is 0 Å². The first-order valence-electron chi connectivity index (χ1n) is 8.59. The molecule has 0 bridgehead atoms. The third-order valence-corrected chi connectivity index (χ3v) is 4.95. The second-order valence-electron chi connectivity index (χ2n) is 7.31. The number of nitrogens with zero attached hydrogens (tertiary/aromatic N) is 2. The summed E-state index contributed by atoms with van der Waals surface area (Å²) in [7, 11) is 0. The van der Waals surface area contributed by atoms with E-state index in [9.17, 15) is 14.0 Å². The molecule has 140 valence electrons. The zero-order valence-corrected chi connectivity index (χ0v) is 15.9. The highest BCUT2D eigenvalue weighted by atomic mass is 32.1. The predicted molar refractivity (Wildman–Crippen MR) is 98.8 cm³/mol. The number of benzene rings is 1. The molecule has 6 nitrogen and oxygen atoms in total. The number of thiazole rings is 1. The van der Waals surface area contributed by atoms with Gasteiger partial charge in [0.05, 0.1) is 10.2 Å². The van der Waals surface area contributed by atoms with Crippen LogP contribution in [0.1, 0.15) is 40.0 Å². The average Bonchev–Trinajstić information content (AvgIpc) is 2.94. The largest absolute Gasteiger partial charge is 0.444 e. The molecule has 3 rings (SSSR count). The van der Waals surface area contributed by atoms with Crippen molar-refractivity contribution in [2.45, 2.75) is 51.7 Å². The first kappa shape index (κ1) is 18.6. The minimum Gasteiger partial charge on any atom is -0.444 e. The van der Waals surface area contributed by atoms with E-state index in [1.54, 1.807) is 26.8 Å². The van der Waals surface area contributed by atoms with Gasteiger partial charge in [-0.3, -0.25) is 9.69 Å². The highest BCUT2D eigenvalue weighted by Crippen LogP contribution is 2.28. The Kier molecular flexibility index (Phi) is 5.13. The monoisotopic (exact) mass is 379 g/mol. The molecular weight excluding hydrogens is 357 g/mol. The van der Waals surface area contributed by atoms with Crippen molar-refractivity contribution in [1.82, 2.24) is 9.88 Å². The summed E-state index contributed by atoms with van der Waals surface area (Å²) in [6, 6.07) is 3.70. The molecule has 0 radical (unpaired) electrons. The van der Waals surface area contributed by atoms with Crippen LogP contribution in [-0.4, -0.2) is 40.1 Å². The number of likely N-dealkylation sites (tertiary alicyclic amines) is 1. The van der Waals surface area contributed by atoms with Gasteiger partial charge in [0, 0.05) is 6.54 Å². The molecule has 1 aliphatic heterocycles. The van der Waals surface area contributed by atoms with E-state index in [2.05, 4.69) is 10.3 Å². The third kappa shape index (κ3) is 4.30. The highest BCUT2D eigenvalue weighted by Gasteiger charge is 2.35. The summed E-state index contributed by atoms with van der Waals surface area (Å²) in [5.41, 5.74) is 0.00600. The zero-order chi connectivity index (χ0) is 18.9. The second kappa shape index (κ2) is 7.19. The number of nitrogens with one attached hydrogen (secondary N) is 1. The standard InChI is InChI=1S/C18H22FN3O3S/c1-18(2,3)25-17(24)22-9-5-4-6-13(22)15(23)21-16-20-12-8-7-11(19)10-14(12)26-16/h7-8,10,13H,4-6,9H2,1-3H3,(H,20,21,23)/t13-/m0/s1. The van der Waals surface area contributed by atoms with Crippen LogP contribution < -0.4 is 5.32 Å². The summed E-state index contributed by atoms with van der Waals surface area (Å²) in [4.78, 5) is 30.9. The minimum absolute atomic E-state index is 0.296. The summed E-state index contributed by atoms with van der Waals surface area (Å²) in [6.45, 7) is 5.87. The van der Waals surface area contributed by atoms with Gasteiger partial charge in [-0.15, -0.1) is 0 Å². The summed E-state index contributed by atoms with van der Waals surface area (Å²) in [5, 5.41) is 3.16. The molecule has 0 unspecified atom stereocenters. The van der Waals surface area contributed by atoms with Gasteiger partial charge in [0.15, 0.2) is 5.13 Å². The van der Waals surface area contributed by atoms with Crippen molar-refractivity contribution < 1.29 is 18.7 Å². The fourth-order valence-corrected chi connectivity index (χ4v) is 3.78. The lowest BCUT2D eigenvalue weighted by Gasteiger charge is -2.35. The highest BCUT2D eigenvalue weighted by molar-refractivity contribution is 7.22. The van der Waals surface area contributed by atoms with Crippen molar-refractivity contribution in [2.24, 2.45) is 0 Å². The number of carbonyl (C=O) groups is 2. The van der Waals surface area contributed by atoms with E-state index in [1.165, 1.54) is 28.4 Å². The van der Waals surface area contributed by atoms with Crippen molar-refractivity contribution in [2.75, 3.05) is 11.9 Å². The van der Waals surface area contributed by atoms with Crippen LogP contribution in [0.2, 0.25) is 0 Å². The van der Waals surface area contributed by atoms with Crippen LogP contribution in [0.3, 0.4) is 0 Å². The maximum Gasteiger partial charge on any atom is 0.410 e. The molecule has 1 atom stereocenters. The summed E-state index contributed by atoms with van der Waals surface area (Å²) >= 11 is 1.21. The van der Waals surface area contributed by atoms with Crippen molar-refractivity contribution in [3.63, 3.8) is 0 Å². The van der Waals surface area contributed by atoms with Crippen LogP contribution in [0, 0.1) is 5.82 Å². The summed E-state index contributed by atoms with van der Waals surface area (Å²) in [6.07, 6.45) is 1.79. The number of halogens is 1. The van der Waals surface area contributed by atoms with Crippen LogP contribution in [-0.2, 0) is 9.53 Å². The number of carbonyl (C=O) groups excluding carboxylic acids is 2.